The van der Waals surface area contributed by atoms with Crippen LogP contribution < -0.4 is 0 Å². The molecule has 0 saturated carbocycles. The number of aromatic nitrogens is 3. The largest absolute Gasteiger partial charge is 0.478 e. The van der Waals surface area contributed by atoms with Gasteiger partial charge in [-0.25, -0.2) is 27.9 Å². The van der Waals surface area contributed by atoms with Crippen LogP contribution in [0.3, 0.4) is 0 Å². The average molecular weight is 461 g/mol. The molecule has 33 heavy (non-hydrogen) atoms. The zero-order chi connectivity index (χ0) is 23.9. The number of aryl methyl sites for hydroxylation is 1. The van der Waals surface area contributed by atoms with Crippen molar-refractivity contribution in [3.8, 4) is 11.1 Å². The van der Waals surface area contributed by atoms with E-state index in [2.05, 4.69) is 14.9 Å². The lowest BCUT2D eigenvalue weighted by molar-refractivity contribution is -0.0688. The van der Waals surface area contributed by atoms with Gasteiger partial charge in [-0.05, 0) is 38.5 Å². The fourth-order valence-electron chi connectivity index (χ4n) is 4.58. The standard InChI is InChI=1S/C23H26F3N5O2/c1-13-18(23(32)33)10-19-17(16-11-27-15(3)28-12-16)4-5-31(19)20(13)14(2)29-6-8-30(9-7-29)22(26)21(24)25/h4-5,10-12,14,21-22H,6-9H2,1-3H3,(H,32,33). The van der Waals surface area contributed by atoms with Crippen LogP contribution in [0.5, 0.6) is 0 Å². The summed E-state index contributed by atoms with van der Waals surface area (Å²) in [6, 6.07) is 3.34. The summed E-state index contributed by atoms with van der Waals surface area (Å²) in [5.41, 5.74) is 3.92. The first-order valence-corrected chi connectivity index (χ1v) is 10.8. The molecule has 3 aromatic rings. The Balaban J connectivity index is 1.73. The first kappa shape index (κ1) is 23.2. The fourth-order valence-corrected chi connectivity index (χ4v) is 4.58. The van der Waals surface area contributed by atoms with E-state index in [4.69, 9.17) is 0 Å². The predicted molar refractivity (Wildman–Crippen MR) is 117 cm³/mol. The van der Waals surface area contributed by atoms with Gasteiger partial charge in [-0.15, -0.1) is 0 Å². The number of hydrogen-bond acceptors (Lipinski definition) is 5. The van der Waals surface area contributed by atoms with Gasteiger partial charge in [0.2, 0.25) is 6.30 Å². The molecule has 3 aromatic heterocycles. The molecule has 0 aromatic carbocycles. The van der Waals surface area contributed by atoms with Crippen molar-refractivity contribution >= 4 is 11.5 Å². The van der Waals surface area contributed by atoms with Crippen LogP contribution in [-0.2, 0) is 0 Å². The monoisotopic (exact) mass is 461 g/mol. The molecule has 0 amide bonds. The molecule has 0 spiro atoms. The van der Waals surface area contributed by atoms with Crippen molar-refractivity contribution in [3.05, 3.63) is 53.4 Å². The van der Waals surface area contributed by atoms with E-state index in [-0.39, 0.29) is 24.7 Å². The summed E-state index contributed by atoms with van der Waals surface area (Å²) < 4.78 is 41.2. The summed E-state index contributed by atoms with van der Waals surface area (Å²) in [6.45, 7) is 6.66. The second kappa shape index (κ2) is 9.11. The smallest absolute Gasteiger partial charge is 0.336 e. The molecular weight excluding hydrogens is 435 g/mol. The fraction of sp³-hybridized carbons (Fsp3) is 0.435. The van der Waals surface area contributed by atoms with Gasteiger partial charge >= 0.3 is 5.97 Å². The van der Waals surface area contributed by atoms with Gasteiger partial charge in [0.05, 0.1) is 11.1 Å². The van der Waals surface area contributed by atoms with Crippen LogP contribution in [0.15, 0.2) is 30.7 Å². The van der Waals surface area contributed by atoms with Crippen molar-refractivity contribution in [1.29, 1.82) is 0 Å². The topological polar surface area (TPSA) is 74.0 Å². The van der Waals surface area contributed by atoms with Gasteiger partial charge in [0, 0.05) is 67.6 Å². The Morgan fingerprint density at radius 3 is 2.24 bits per heavy atom. The molecule has 1 fully saturated rings. The zero-order valence-corrected chi connectivity index (χ0v) is 18.7. The molecule has 0 radical (unpaired) electrons. The second-order valence-electron chi connectivity index (χ2n) is 8.33. The van der Waals surface area contributed by atoms with Gasteiger partial charge in [-0.2, -0.15) is 0 Å². The summed E-state index contributed by atoms with van der Waals surface area (Å²) in [4.78, 5) is 23.8. The number of halogens is 3. The molecule has 2 atom stereocenters. The lowest BCUT2D eigenvalue weighted by Gasteiger charge is -2.39. The predicted octanol–water partition coefficient (Wildman–Crippen LogP) is 3.95. The van der Waals surface area contributed by atoms with E-state index >= 15 is 0 Å². The van der Waals surface area contributed by atoms with Gasteiger partial charge in [0.25, 0.3) is 6.43 Å². The number of fused-ring (bicyclic) bond motifs is 1. The van der Waals surface area contributed by atoms with Crippen LogP contribution in [0.1, 0.15) is 40.4 Å². The number of hydrogen-bond donors (Lipinski definition) is 1. The molecule has 4 heterocycles. The number of carboxylic acid groups (broad SMARTS) is 1. The van der Waals surface area contributed by atoms with Crippen molar-refractivity contribution in [3.63, 3.8) is 0 Å². The quantitative estimate of drug-likeness (QED) is 0.561. The molecule has 7 nitrogen and oxygen atoms in total. The van der Waals surface area contributed by atoms with Crippen LogP contribution in [0, 0.1) is 13.8 Å². The SMILES string of the molecule is Cc1ncc(-c2ccn3c(C(C)N4CCN(C(F)C(F)F)CC4)c(C)c(C(=O)O)cc23)cn1. The van der Waals surface area contributed by atoms with Gasteiger partial charge in [0.1, 0.15) is 5.82 Å². The Bertz CT molecular complexity index is 1160. The van der Waals surface area contributed by atoms with Crippen LogP contribution in [0.2, 0.25) is 0 Å². The summed E-state index contributed by atoms with van der Waals surface area (Å²) >= 11 is 0. The van der Waals surface area contributed by atoms with E-state index in [9.17, 15) is 23.1 Å². The van der Waals surface area contributed by atoms with E-state index in [1.165, 1.54) is 0 Å². The lowest BCUT2D eigenvalue weighted by atomic mass is 10.00. The summed E-state index contributed by atoms with van der Waals surface area (Å²) in [7, 11) is 0. The van der Waals surface area contributed by atoms with E-state index in [1.54, 1.807) is 32.3 Å². The van der Waals surface area contributed by atoms with E-state index in [1.807, 2.05) is 23.6 Å². The van der Waals surface area contributed by atoms with Gasteiger partial charge in [-0.1, -0.05) is 0 Å². The minimum absolute atomic E-state index is 0.175. The number of carboxylic acids is 1. The maximum Gasteiger partial charge on any atom is 0.336 e. The molecule has 10 heteroatoms. The Hall–Kier alpha value is -2.98. The molecule has 1 saturated heterocycles. The van der Waals surface area contributed by atoms with E-state index in [0.717, 1.165) is 21.7 Å². The third-order valence-corrected chi connectivity index (χ3v) is 6.43. The highest BCUT2D eigenvalue weighted by Crippen LogP contribution is 2.33. The molecule has 4 rings (SSSR count). The van der Waals surface area contributed by atoms with Crippen molar-refractivity contribution in [2.75, 3.05) is 26.2 Å². The first-order chi connectivity index (χ1) is 15.7. The molecule has 2 unspecified atom stereocenters. The van der Waals surface area contributed by atoms with Crippen molar-refractivity contribution < 1.29 is 23.1 Å². The van der Waals surface area contributed by atoms with Crippen molar-refractivity contribution in [2.45, 2.75) is 39.5 Å². The minimum atomic E-state index is -3.04. The molecule has 1 aliphatic rings. The zero-order valence-electron chi connectivity index (χ0n) is 18.7. The molecule has 0 aliphatic carbocycles. The Morgan fingerprint density at radius 1 is 1.06 bits per heavy atom. The van der Waals surface area contributed by atoms with Gasteiger partial charge < -0.3 is 9.51 Å². The Labute approximate surface area is 189 Å². The molecular formula is C23H26F3N5O2. The number of nitrogens with zero attached hydrogens (tertiary/aromatic N) is 5. The van der Waals surface area contributed by atoms with Crippen LogP contribution in [0.4, 0.5) is 13.2 Å². The maximum atomic E-state index is 13.7. The maximum absolute atomic E-state index is 13.7. The number of pyridine rings is 1. The number of aromatic carboxylic acids is 1. The number of carbonyl (C=O) groups is 1. The summed E-state index contributed by atoms with van der Waals surface area (Å²) in [5, 5.41) is 9.86. The minimum Gasteiger partial charge on any atom is -0.478 e. The normalized spacial score (nSPS) is 17.5. The highest BCUT2D eigenvalue weighted by Gasteiger charge is 2.32. The summed E-state index contributed by atoms with van der Waals surface area (Å²) in [5.74, 6) is -0.391. The van der Waals surface area contributed by atoms with Crippen LogP contribution in [-0.4, -0.2) is 74.1 Å². The van der Waals surface area contributed by atoms with Crippen molar-refractivity contribution in [1.82, 2.24) is 24.2 Å². The number of rotatable bonds is 6. The third kappa shape index (κ3) is 4.32. The first-order valence-electron chi connectivity index (χ1n) is 10.8. The van der Waals surface area contributed by atoms with E-state index < -0.39 is 18.7 Å². The average Bonchev–Trinajstić information content (AvgIpc) is 3.21. The highest BCUT2D eigenvalue weighted by molar-refractivity contribution is 5.93. The molecule has 176 valence electrons. The highest BCUT2D eigenvalue weighted by atomic mass is 19.3. The third-order valence-electron chi connectivity index (χ3n) is 6.43. The van der Waals surface area contributed by atoms with Gasteiger partial charge in [-0.3, -0.25) is 9.80 Å². The Morgan fingerprint density at radius 2 is 1.67 bits per heavy atom. The molecule has 0 bridgehead atoms. The summed E-state index contributed by atoms with van der Waals surface area (Å²) in [6.07, 6.45) is -0.00500. The molecule has 1 N–H and O–H groups in total. The lowest BCUT2D eigenvalue weighted by Crippen LogP contribution is -2.51. The van der Waals surface area contributed by atoms with E-state index in [0.29, 0.717) is 30.0 Å². The number of alkyl halides is 3. The molecule has 1 aliphatic heterocycles. The number of piperazine rings is 1. The Kier molecular flexibility index (Phi) is 6.40. The second-order valence-corrected chi connectivity index (χ2v) is 8.33. The van der Waals surface area contributed by atoms with Crippen LogP contribution >= 0.6 is 0 Å². The van der Waals surface area contributed by atoms with Gasteiger partial charge in [0.15, 0.2) is 0 Å². The van der Waals surface area contributed by atoms with Crippen LogP contribution in [0.25, 0.3) is 16.6 Å². The van der Waals surface area contributed by atoms with Crippen molar-refractivity contribution in [2.24, 2.45) is 0 Å².